The van der Waals surface area contributed by atoms with Gasteiger partial charge in [-0.15, -0.1) is 0 Å². The zero-order valence-corrected chi connectivity index (χ0v) is 12.5. The van der Waals surface area contributed by atoms with Gasteiger partial charge in [-0.2, -0.15) is 5.10 Å². The Kier molecular flexibility index (Phi) is 5.92. The number of rotatable bonds is 8. The molecule has 0 saturated carbocycles. The summed E-state index contributed by atoms with van der Waals surface area (Å²) in [5.74, 6) is 0. The highest BCUT2D eigenvalue weighted by molar-refractivity contribution is 7.89. The van der Waals surface area contributed by atoms with Crippen molar-refractivity contribution in [3.63, 3.8) is 0 Å². The van der Waals surface area contributed by atoms with E-state index in [1.165, 1.54) is 0 Å². The number of unbranched alkanes of at least 4 members (excludes halogenated alkanes) is 1. The molecule has 0 aromatic carbocycles. The van der Waals surface area contributed by atoms with Crippen molar-refractivity contribution in [2.45, 2.75) is 31.2 Å². The lowest BCUT2D eigenvalue weighted by Gasteiger charge is -2.10. The molecule has 8 heteroatoms. The van der Waals surface area contributed by atoms with E-state index in [1.807, 2.05) is 14.1 Å². The van der Waals surface area contributed by atoms with Crippen LogP contribution in [0.5, 0.6) is 0 Å². The second-order valence-corrected chi connectivity index (χ2v) is 6.44. The molecule has 1 rings (SSSR count). The summed E-state index contributed by atoms with van der Waals surface area (Å²) >= 11 is 0. The molecule has 4 N–H and O–H groups in total. The van der Waals surface area contributed by atoms with Crippen LogP contribution in [-0.2, 0) is 16.6 Å². The summed E-state index contributed by atoms with van der Waals surface area (Å²) in [5, 5.41) is 6.55. The third kappa shape index (κ3) is 4.57. The van der Waals surface area contributed by atoms with Gasteiger partial charge in [0, 0.05) is 13.1 Å². The molecule has 1 aromatic heterocycles. The molecule has 7 nitrogen and oxygen atoms in total. The first-order chi connectivity index (χ1) is 8.88. The van der Waals surface area contributed by atoms with Crippen molar-refractivity contribution in [2.75, 3.05) is 27.2 Å². The van der Waals surface area contributed by atoms with Gasteiger partial charge < -0.3 is 10.6 Å². The molecule has 0 radical (unpaired) electrons. The van der Waals surface area contributed by atoms with Crippen molar-refractivity contribution < 1.29 is 8.42 Å². The van der Waals surface area contributed by atoms with Crippen LogP contribution in [-0.4, -0.2) is 50.7 Å². The van der Waals surface area contributed by atoms with E-state index in [4.69, 9.17) is 5.73 Å². The number of hydrogen-bond acceptors (Lipinski definition) is 5. The minimum Gasteiger partial charge on any atom is -0.325 e. The van der Waals surface area contributed by atoms with E-state index in [1.54, 1.807) is 6.92 Å². The molecule has 0 atom stereocenters. The average Bonchev–Trinajstić information content (AvgIpc) is 2.70. The van der Waals surface area contributed by atoms with Crippen LogP contribution in [0.3, 0.4) is 0 Å². The number of H-pyrrole nitrogens is 1. The van der Waals surface area contributed by atoms with E-state index in [0.717, 1.165) is 19.4 Å². The van der Waals surface area contributed by atoms with Crippen LogP contribution in [0.25, 0.3) is 0 Å². The molecule has 0 aliphatic heterocycles. The fourth-order valence-electron chi connectivity index (χ4n) is 1.80. The first-order valence-corrected chi connectivity index (χ1v) is 7.75. The van der Waals surface area contributed by atoms with Crippen LogP contribution in [0.4, 0.5) is 0 Å². The quantitative estimate of drug-likeness (QED) is 0.575. The molecule has 0 spiro atoms. The molecule has 0 unspecified atom stereocenters. The Bertz CT molecular complexity index is 495. The molecule has 0 aliphatic carbocycles. The number of nitrogens with zero attached hydrogens (tertiary/aromatic N) is 2. The van der Waals surface area contributed by atoms with E-state index in [2.05, 4.69) is 19.8 Å². The number of nitrogens with two attached hydrogens (primary N) is 1. The Hall–Kier alpha value is -0.960. The molecule has 0 bridgehead atoms. The van der Waals surface area contributed by atoms with Gasteiger partial charge in [-0.25, -0.2) is 13.1 Å². The monoisotopic (exact) mass is 289 g/mol. The van der Waals surface area contributed by atoms with Crippen molar-refractivity contribution in [2.24, 2.45) is 5.73 Å². The predicted molar refractivity (Wildman–Crippen MR) is 74.2 cm³/mol. The maximum Gasteiger partial charge on any atom is 0.244 e. The lowest BCUT2D eigenvalue weighted by atomic mass is 10.3. The van der Waals surface area contributed by atoms with Crippen molar-refractivity contribution in [1.82, 2.24) is 19.8 Å². The van der Waals surface area contributed by atoms with Crippen molar-refractivity contribution >= 4 is 10.0 Å². The number of aromatic nitrogens is 2. The fourth-order valence-corrected chi connectivity index (χ4v) is 3.24. The largest absolute Gasteiger partial charge is 0.325 e. The Labute approximate surface area is 114 Å². The maximum absolute atomic E-state index is 12.2. The molecule has 0 amide bonds. The molecular formula is C11H23N5O2S. The van der Waals surface area contributed by atoms with E-state index in [-0.39, 0.29) is 11.4 Å². The van der Waals surface area contributed by atoms with Crippen molar-refractivity contribution in [1.29, 1.82) is 0 Å². The van der Waals surface area contributed by atoms with E-state index in [0.29, 0.717) is 17.9 Å². The van der Waals surface area contributed by atoms with E-state index < -0.39 is 10.0 Å². The molecule has 1 heterocycles. The normalized spacial score (nSPS) is 12.3. The zero-order valence-electron chi connectivity index (χ0n) is 11.7. The molecule has 0 aliphatic rings. The number of nitrogens with one attached hydrogen (secondary N) is 2. The van der Waals surface area contributed by atoms with Gasteiger partial charge >= 0.3 is 0 Å². The summed E-state index contributed by atoms with van der Waals surface area (Å²) < 4.78 is 26.9. The number of aromatic amines is 1. The summed E-state index contributed by atoms with van der Waals surface area (Å²) in [7, 11) is 0.457. The Morgan fingerprint density at radius 1 is 1.37 bits per heavy atom. The number of aryl methyl sites for hydroxylation is 1. The highest BCUT2D eigenvalue weighted by Gasteiger charge is 2.22. The molecule has 0 fully saturated rings. The van der Waals surface area contributed by atoms with E-state index >= 15 is 0 Å². The summed E-state index contributed by atoms with van der Waals surface area (Å²) in [6.45, 7) is 3.14. The molecule has 19 heavy (non-hydrogen) atoms. The summed E-state index contributed by atoms with van der Waals surface area (Å²) in [6.07, 6.45) is 1.75. The van der Waals surface area contributed by atoms with Crippen LogP contribution in [0.2, 0.25) is 0 Å². The van der Waals surface area contributed by atoms with Crippen LogP contribution in [0.1, 0.15) is 24.2 Å². The van der Waals surface area contributed by atoms with Gasteiger partial charge in [-0.1, -0.05) is 0 Å². The Morgan fingerprint density at radius 3 is 2.63 bits per heavy atom. The second-order valence-electron chi connectivity index (χ2n) is 4.74. The summed E-state index contributed by atoms with van der Waals surface area (Å²) in [5.41, 5.74) is 6.38. The average molecular weight is 289 g/mol. The third-order valence-corrected chi connectivity index (χ3v) is 4.41. The standard InChI is InChI=1S/C11H23N5O2S/c1-9-11(10(8-12)15-14-9)19(17,18)13-6-4-5-7-16(2)3/h13H,4-8,12H2,1-3H3,(H,14,15). The number of hydrogen-bond donors (Lipinski definition) is 3. The van der Waals surface area contributed by atoms with Crippen LogP contribution in [0.15, 0.2) is 4.90 Å². The zero-order chi connectivity index (χ0) is 14.5. The highest BCUT2D eigenvalue weighted by atomic mass is 32.2. The Balaban J connectivity index is 2.59. The van der Waals surface area contributed by atoms with Gasteiger partial charge in [0.05, 0.1) is 11.4 Å². The first-order valence-electron chi connectivity index (χ1n) is 6.26. The minimum absolute atomic E-state index is 0.0984. The second kappa shape index (κ2) is 6.99. The minimum atomic E-state index is -3.53. The first kappa shape index (κ1) is 16.1. The molecule has 0 saturated heterocycles. The smallest absolute Gasteiger partial charge is 0.244 e. The van der Waals surface area contributed by atoms with Crippen molar-refractivity contribution in [3.05, 3.63) is 11.4 Å². The summed E-state index contributed by atoms with van der Waals surface area (Å²) in [4.78, 5) is 2.25. The van der Waals surface area contributed by atoms with Crippen LogP contribution >= 0.6 is 0 Å². The lowest BCUT2D eigenvalue weighted by molar-refractivity contribution is 0.394. The number of sulfonamides is 1. The molecular weight excluding hydrogens is 266 g/mol. The van der Waals surface area contributed by atoms with Crippen molar-refractivity contribution in [3.8, 4) is 0 Å². The highest BCUT2D eigenvalue weighted by Crippen LogP contribution is 2.16. The molecule has 110 valence electrons. The van der Waals surface area contributed by atoms with Gasteiger partial charge in [0.25, 0.3) is 0 Å². The SMILES string of the molecule is Cc1[nH]nc(CN)c1S(=O)(=O)NCCCCN(C)C. The predicted octanol–water partition coefficient (Wildman–Crippen LogP) is -0.203. The summed E-state index contributed by atoms with van der Waals surface area (Å²) in [6, 6.07) is 0. The van der Waals surface area contributed by atoms with Gasteiger partial charge in [-0.05, 0) is 40.4 Å². The van der Waals surface area contributed by atoms with Gasteiger partial charge in [-0.3, -0.25) is 5.10 Å². The Morgan fingerprint density at radius 2 is 2.05 bits per heavy atom. The van der Waals surface area contributed by atoms with Crippen LogP contribution in [0, 0.1) is 6.92 Å². The lowest BCUT2D eigenvalue weighted by Crippen LogP contribution is -2.27. The third-order valence-electron chi connectivity index (χ3n) is 2.75. The molecule has 1 aromatic rings. The van der Waals surface area contributed by atoms with Gasteiger partial charge in [0.2, 0.25) is 10.0 Å². The van der Waals surface area contributed by atoms with Gasteiger partial charge in [0.15, 0.2) is 0 Å². The topological polar surface area (TPSA) is 104 Å². The van der Waals surface area contributed by atoms with E-state index in [9.17, 15) is 8.42 Å². The van der Waals surface area contributed by atoms with Crippen LogP contribution < -0.4 is 10.5 Å². The van der Waals surface area contributed by atoms with Gasteiger partial charge in [0.1, 0.15) is 4.90 Å². The maximum atomic E-state index is 12.2. The fraction of sp³-hybridized carbons (Fsp3) is 0.727.